The highest BCUT2D eigenvalue weighted by atomic mass is 16.4. The number of carboxylic acid groups (broad SMARTS) is 1. The van der Waals surface area contributed by atoms with Gasteiger partial charge in [-0.1, -0.05) is 24.3 Å². The van der Waals surface area contributed by atoms with Gasteiger partial charge in [-0.2, -0.15) is 0 Å². The molecule has 1 aromatic carbocycles. The van der Waals surface area contributed by atoms with Gasteiger partial charge in [0.05, 0.1) is 5.41 Å². The number of hydrogen-bond acceptors (Lipinski definition) is 3. The Morgan fingerprint density at radius 3 is 2.28 bits per heavy atom. The first-order valence-corrected chi connectivity index (χ1v) is 8.86. The first kappa shape index (κ1) is 16.1. The predicted molar refractivity (Wildman–Crippen MR) is 95.3 cm³/mol. The lowest BCUT2D eigenvalue weighted by atomic mass is 9.53. The van der Waals surface area contributed by atoms with E-state index in [0.29, 0.717) is 44.3 Å². The van der Waals surface area contributed by atoms with E-state index < -0.39 is 16.8 Å². The van der Waals surface area contributed by atoms with Gasteiger partial charge >= 0.3 is 5.97 Å². The van der Waals surface area contributed by atoms with E-state index in [1.54, 1.807) is 0 Å². The Bertz CT molecular complexity index is 850. The molecule has 0 saturated heterocycles. The minimum Gasteiger partial charge on any atom is -0.481 e. The highest BCUT2D eigenvalue weighted by Gasteiger charge is 2.55. The summed E-state index contributed by atoms with van der Waals surface area (Å²) in [6.07, 6.45) is 3.73. The van der Waals surface area contributed by atoms with Gasteiger partial charge in [0.1, 0.15) is 5.82 Å². The van der Waals surface area contributed by atoms with Gasteiger partial charge in [0.25, 0.3) is 0 Å². The zero-order valence-corrected chi connectivity index (χ0v) is 14.3. The molecule has 0 spiro atoms. The molecule has 2 N–H and O–H groups in total. The number of carbonyl (C=O) groups excluding carboxylic acids is 1. The Morgan fingerprint density at radius 2 is 1.64 bits per heavy atom. The molecule has 1 aromatic heterocycles. The summed E-state index contributed by atoms with van der Waals surface area (Å²) in [7, 11) is 0. The highest BCUT2D eigenvalue weighted by molar-refractivity contribution is 6.02. The van der Waals surface area contributed by atoms with Crippen LogP contribution in [0, 0.1) is 17.8 Å². The fourth-order valence-electron chi connectivity index (χ4n) is 4.51. The van der Waals surface area contributed by atoms with Crippen LogP contribution in [-0.2, 0) is 9.59 Å². The van der Waals surface area contributed by atoms with E-state index in [0.717, 1.165) is 16.5 Å². The Hall–Kier alpha value is -2.43. The number of hydrogen-bond donors (Lipinski definition) is 2. The van der Waals surface area contributed by atoms with Crippen LogP contribution in [0.1, 0.15) is 44.2 Å². The van der Waals surface area contributed by atoms with Crippen LogP contribution in [0.2, 0.25) is 0 Å². The number of carbonyl (C=O) groups is 2. The van der Waals surface area contributed by atoms with Gasteiger partial charge in [-0.3, -0.25) is 9.59 Å². The van der Waals surface area contributed by atoms with Crippen LogP contribution in [-0.4, -0.2) is 22.0 Å². The monoisotopic (exact) mass is 338 g/mol. The van der Waals surface area contributed by atoms with Crippen molar-refractivity contribution in [2.24, 2.45) is 10.8 Å². The number of nitrogens with one attached hydrogen (secondary N) is 1. The van der Waals surface area contributed by atoms with E-state index in [2.05, 4.69) is 10.3 Å². The minimum atomic E-state index is -0.701. The fourth-order valence-corrected chi connectivity index (χ4v) is 4.51. The molecule has 5 rings (SSSR count). The van der Waals surface area contributed by atoms with E-state index in [1.165, 1.54) is 0 Å². The maximum Gasteiger partial charge on any atom is 0.309 e. The van der Waals surface area contributed by atoms with Crippen molar-refractivity contribution in [3.05, 3.63) is 36.0 Å². The molecule has 0 aliphatic heterocycles. The molecule has 3 fully saturated rings. The standard InChI is InChI=1S/C20H22N2O3/c1-13-12-14-4-2-3-5-15(14)16(21-13)22-17(23)19-6-9-20(10-7-19,11-8-19)18(24)25/h2-5,12H,6-11H2,1H3,(H,24,25)(H,21,22,23). The van der Waals surface area contributed by atoms with E-state index in [-0.39, 0.29) is 5.91 Å². The third kappa shape index (κ3) is 2.49. The van der Waals surface area contributed by atoms with Crippen molar-refractivity contribution in [3.63, 3.8) is 0 Å². The lowest BCUT2D eigenvalue weighted by molar-refractivity contribution is -0.162. The molecule has 0 atom stereocenters. The second-order valence-electron chi connectivity index (χ2n) is 7.65. The number of rotatable bonds is 3. The first-order chi connectivity index (χ1) is 11.9. The third-order valence-electron chi connectivity index (χ3n) is 6.28. The Labute approximate surface area is 146 Å². The molecule has 1 heterocycles. The number of aromatic nitrogens is 1. The molecular weight excluding hydrogens is 316 g/mol. The van der Waals surface area contributed by atoms with Crippen LogP contribution in [0.25, 0.3) is 10.8 Å². The molecule has 5 heteroatoms. The summed E-state index contributed by atoms with van der Waals surface area (Å²) in [5, 5.41) is 14.6. The van der Waals surface area contributed by atoms with Gasteiger partial charge in [0.15, 0.2) is 0 Å². The average Bonchev–Trinajstić information content (AvgIpc) is 2.63. The van der Waals surface area contributed by atoms with Crippen LogP contribution >= 0.6 is 0 Å². The van der Waals surface area contributed by atoms with Crippen molar-refractivity contribution in [1.82, 2.24) is 4.98 Å². The van der Waals surface area contributed by atoms with Gasteiger partial charge < -0.3 is 10.4 Å². The van der Waals surface area contributed by atoms with E-state index in [4.69, 9.17) is 0 Å². The zero-order chi connectivity index (χ0) is 17.7. The van der Waals surface area contributed by atoms with Crippen LogP contribution < -0.4 is 5.32 Å². The smallest absolute Gasteiger partial charge is 0.309 e. The number of nitrogens with zero attached hydrogens (tertiary/aromatic N) is 1. The predicted octanol–water partition coefficient (Wildman–Crippen LogP) is 3.91. The number of benzene rings is 1. The maximum atomic E-state index is 13.1. The summed E-state index contributed by atoms with van der Waals surface area (Å²) < 4.78 is 0. The van der Waals surface area contributed by atoms with Gasteiger partial charge in [-0.15, -0.1) is 0 Å². The number of fused-ring (bicyclic) bond motifs is 4. The van der Waals surface area contributed by atoms with Crippen molar-refractivity contribution in [1.29, 1.82) is 0 Å². The number of aryl methyl sites for hydroxylation is 1. The van der Waals surface area contributed by atoms with Crippen molar-refractivity contribution in [2.45, 2.75) is 45.4 Å². The molecule has 2 aromatic rings. The number of carboxylic acids is 1. The molecule has 25 heavy (non-hydrogen) atoms. The maximum absolute atomic E-state index is 13.1. The lowest BCUT2D eigenvalue weighted by Gasteiger charge is -2.50. The van der Waals surface area contributed by atoms with Crippen LogP contribution in [0.5, 0.6) is 0 Å². The van der Waals surface area contributed by atoms with Crippen LogP contribution in [0.3, 0.4) is 0 Å². The number of anilines is 1. The van der Waals surface area contributed by atoms with Gasteiger partial charge in [-0.05, 0) is 56.9 Å². The molecule has 5 nitrogen and oxygen atoms in total. The SMILES string of the molecule is Cc1cc2ccccc2c(NC(=O)C23CCC(C(=O)O)(CC2)CC3)n1. The average molecular weight is 338 g/mol. The van der Waals surface area contributed by atoms with Crippen LogP contribution in [0.15, 0.2) is 30.3 Å². The lowest BCUT2D eigenvalue weighted by Crippen LogP contribution is -2.50. The summed E-state index contributed by atoms with van der Waals surface area (Å²) >= 11 is 0. The molecule has 1 amide bonds. The number of amides is 1. The summed E-state index contributed by atoms with van der Waals surface area (Å²) in [4.78, 5) is 29.2. The first-order valence-electron chi connectivity index (χ1n) is 8.86. The largest absolute Gasteiger partial charge is 0.481 e. The van der Waals surface area contributed by atoms with Gasteiger partial charge in [0.2, 0.25) is 5.91 Å². The quantitative estimate of drug-likeness (QED) is 0.889. The summed E-state index contributed by atoms with van der Waals surface area (Å²) in [6.45, 7) is 1.92. The van der Waals surface area contributed by atoms with Crippen molar-refractivity contribution in [2.75, 3.05) is 5.32 Å². The summed E-state index contributed by atoms with van der Waals surface area (Å²) in [6, 6.07) is 9.90. The molecule has 0 unspecified atom stereocenters. The second-order valence-corrected chi connectivity index (χ2v) is 7.65. The summed E-state index contributed by atoms with van der Waals surface area (Å²) in [5.74, 6) is -0.0994. The normalized spacial score (nSPS) is 28.0. The van der Waals surface area contributed by atoms with Gasteiger partial charge in [-0.25, -0.2) is 4.98 Å². The molecule has 3 saturated carbocycles. The molecule has 130 valence electrons. The zero-order valence-electron chi connectivity index (χ0n) is 14.3. The van der Waals surface area contributed by atoms with E-state index in [9.17, 15) is 14.7 Å². The number of aliphatic carboxylic acids is 1. The molecular formula is C20H22N2O3. The van der Waals surface area contributed by atoms with Gasteiger partial charge in [0, 0.05) is 16.5 Å². The Kier molecular flexibility index (Phi) is 3.56. The Balaban J connectivity index is 1.61. The third-order valence-corrected chi connectivity index (χ3v) is 6.28. The topological polar surface area (TPSA) is 79.3 Å². The highest BCUT2D eigenvalue weighted by Crippen LogP contribution is 2.57. The fraction of sp³-hybridized carbons (Fsp3) is 0.450. The van der Waals surface area contributed by atoms with Crippen LogP contribution in [0.4, 0.5) is 5.82 Å². The van der Waals surface area contributed by atoms with E-state index >= 15 is 0 Å². The Morgan fingerprint density at radius 1 is 1.04 bits per heavy atom. The number of pyridine rings is 1. The van der Waals surface area contributed by atoms with Crippen molar-refractivity contribution < 1.29 is 14.7 Å². The minimum absolute atomic E-state index is 0.00515. The molecule has 0 radical (unpaired) electrons. The van der Waals surface area contributed by atoms with E-state index in [1.807, 2.05) is 37.3 Å². The second kappa shape index (κ2) is 5.55. The molecule has 2 bridgehead atoms. The van der Waals surface area contributed by atoms with Crippen molar-refractivity contribution >= 4 is 28.5 Å². The summed E-state index contributed by atoms with van der Waals surface area (Å²) in [5.41, 5.74) is -0.177. The molecule has 3 aliphatic carbocycles. The van der Waals surface area contributed by atoms with Crippen molar-refractivity contribution in [3.8, 4) is 0 Å². The molecule has 3 aliphatic rings.